The van der Waals surface area contributed by atoms with Crippen LogP contribution < -0.4 is 0 Å². The van der Waals surface area contributed by atoms with Gasteiger partial charge in [-0.3, -0.25) is 0 Å². The minimum atomic E-state index is -2.51. The van der Waals surface area contributed by atoms with E-state index in [2.05, 4.69) is 5.16 Å². The van der Waals surface area contributed by atoms with E-state index in [9.17, 15) is 13.2 Å². The van der Waals surface area contributed by atoms with Crippen LogP contribution in [-0.4, -0.2) is 6.21 Å². The molecule has 2 aromatic rings. The summed E-state index contributed by atoms with van der Waals surface area (Å²) >= 11 is 0. The predicted molar refractivity (Wildman–Crippen MR) is 70.2 cm³/mol. The van der Waals surface area contributed by atoms with Gasteiger partial charge in [-0.15, -0.1) is 0 Å². The van der Waals surface area contributed by atoms with E-state index < -0.39 is 6.43 Å². The third kappa shape index (κ3) is 4.12. The van der Waals surface area contributed by atoms with Crippen molar-refractivity contribution in [3.05, 3.63) is 71.0 Å². The number of nitrogens with zero attached hydrogens (tertiary/aromatic N) is 1. The molecule has 0 saturated carbocycles. The second-order valence-corrected chi connectivity index (χ2v) is 4.11. The van der Waals surface area contributed by atoms with Crippen molar-refractivity contribution in [1.82, 2.24) is 0 Å². The lowest BCUT2D eigenvalue weighted by Crippen LogP contribution is -1.91. The van der Waals surface area contributed by atoms with Gasteiger partial charge in [0.05, 0.1) is 6.21 Å². The first kappa shape index (κ1) is 14.1. The largest absolute Gasteiger partial charge is 0.391 e. The molecule has 0 fully saturated rings. The number of alkyl halides is 2. The minimum Gasteiger partial charge on any atom is -0.391 e. The summed E-state index contributed by atoms with van der Waals surface area (Å²) in [6.45, 7) is 0.0758. The Kier molecular flexibility index (Phi) is 4.76. The number of oxime groups is 1. The number of rotatable bonds is 5. The molecule has 0 saturated heterocycles. The van der Waals surface area contributed by atoms with Gasteiger partial charge in [0.2, 0.25) is 0 Å². The van der Waals surface area contributed by atoms with E-state index in [1.54, 1.807) is 18.2 Å². The van der Waals surface area contributed by atoms with Crippen LogP contribution in [-0.2, 0) is 11.4 Å². The molecular formula is C15H12F3NO. The van der Waals surface area contributed by atoms with Gasteiger partial charge in [0.25, 0.3) is 6.43 Å². The molecule has 0 atom stereocenters. The molecule has 2 aromatic carbocycles. The third-order valence-electron chi connectivity index (χ3n) is 2.56. The molecule has 2 rings (SSSR count). The van der Waals surface area contributed by atoms with Crippen LogP contribution in [0.3, 0.4) is 0 Å². The Labute approximate surface area is 114 Å². The Hall–Kier alpha value is -2.30. The fourth-order valence-electron chi connectivity index (χ4n) is 1.62. The summed E-state index contributed by atoms with van der Waals surface area (Å²) in [5.74, 6) is -0.362. The fraction of sp³-hybridized carbons (Fsp3) is 0.133. The first-order valence-electron chi connectivity index (χ1n) is 5.93. The number of hydrogen-bond acceptors (Lipinski definition) is 2. The zero-order valence-electron chi connectivity index (χ0n) is 10.5. The summed E-state index contributed by atoms with van der Waals surface area (Å²) in [7, 11) is 0. The zero-order valence-corrected chi connectivity index (χ0v) is 10.5. The maximum atomic E-state index is 12.9. The molecule has 0 amide bonds. The lowest BCUT2D eigenvalue weighted by Gasteiger charge is -2.03. The van der Waals surface area contributed by atoms with Gasteiger partial charge in [0, 0.05) is 5.56 Å². The van der Waals surface area contributed by atoms with Gasteiger partial charge in [-0.1, -0.05) is 35.5 Å². The molecule has 0 unspecified atom stereocenters. The van der Waals surface area contributed by atoms with E-state index >= 15 is 0 Å². The van der Waals surface area contributed by atoms with E-state index in [0.29, 0.717) is 11.1 Å². The molecule has 0 aliphatic carbocycles. The van der Waals surface area contributed by atoms with Crippen LogP contribution >= 0.6 is 0 Å². The highest BCUT2D eigenvalue weighted by atomic mass is 19.3. The standard InChI is InChI=1S/C15H12F3NO/c16-14-6-2-3-11(8-14)9-19-20-10-12-4-1-5-13(7-12)15(17)18/h1-9,15H,10H2. The normalized spacial score (nSPS) is 11.2. The zero-order chi connectivity index (χ0) is 14.4. The van der Waals surface area contributed by atoms with Gasteiger partial charge < -0.3 is 4.84 Å². The Morgan fingerprint density at radius 1 is 1.10 bits per heavy atom. The van der Waals surface area contributed by atoms with Crippen molar-refractivity contribution in [1.29, 1.82) is 0 Å². The number of halogens is 3. The van der Waals surface area contributed by atoms with Gasteiger partial charge in [-0.05, 0) is 29.3 Å². The fourth-order valence-corrected chi connectivity index (χ4v) is 1.62. The quantitative estimate of drug-likeness (QED) is 0.590. The second kappa shape index (κ2) is 6.75. The highest BCUT2D eigenvalue weighted by Crippen LogP contribution is 2.19. The molecule has 0 aliphatic rings. The lowest BCUT2D eigenvalue weighted by molar-refractivity contribution is 0.130. The van der Waals surface area contributed by atoms with Gasteiger partial charge in [-0.2, -0.15) is 0 Å². The molecule has 0 bridgehead atoms. The molecule has 2 nitrogen and oxygen atoms in total. The summed E-state index contributed by atoms with van der Waals surface area (Å²) in [4.78, 5) is 5.00. The molecule has 0 aliphatic heterocycles. The van der Waals surface area contributed by atoms with E-state index in [1.165, 1.54) is 36.5 Å². The maximum Gasteiger partial charge on any atom is 0.263 e. The minimum absolute atomic E-state index is 0.0554. The van der Waals surface area contributed by atoms with Gasteiger partial charge in [0.15, 0.2) is 0 Å². The van der Waals surface area contributed by atoms with E-state index in [0.717, 1.165) is 0 Å². The SMILES string of the molecule is Fc1cccc(C=NOCc2cccc(C(F)F)c2)c1. The topological polar surface area (TPSA) is 21.6 Å². The van der Waals surface area contributed by atoms with Crippen LogP contribution in [0.15, 0.2) is 53.7 Å². The summed E-state index contributed by atoms with van der Waals surface area (Å²) in [6, 6.07) is 11.8. The Balaban J connectivity index is 1.91. The van der Waals surface area contributed by atoms with Crippen LogP contribution in [0.1, 0.15) is 23.1 Å². The summed E-state index contributed by atoms with van der Waals surface area (Å²) in [5.41, 5.74) is 1.10. The van der Waals surface area contributed by atoms with Gasteiger partial charge in [0.1, 0.15) is 12.4 Å². The molecule has 104 valence electrons. The van der Waals surface area contributed by atoms with Crippen LogP contribution in [0.25, 0.3) is 0 Å². The summed E-state index contributed by atoms with van der Waals surface area (Å²) < 4.78 is 37.9. The monoisotopic (exact) mass is 279 g/mol. The molecule has 0 spiro atoms. The van der Waals surface area contributed by atoms with Crippen LogP contribution in [0.2, 0.25) is 0 Å². The van der Waals surface area contributed by atoms with E-state index in [1.807, 2.05) is 0 Å². The predicted octanol–water partition coefficient (Wildman–Crippen LogP) is 4.31. The molecule has 0 heterocycles. The second-order valence-electron chi connectivity index (χ2n) is 4.11. The highest BCUT2D eigenvalue weighted by molar-refractivity contribution is 5.78. The van der Waals surface area contributed by atoms with Crippen molar-refractivity contribution >= 4 is 6.21 Å². The van der Waals surface area contributed by atoms with Crippen molar-refractivity contribution in [3.8, 4) is 0 Å². The van der Waals surface area contributed by atoms with Crippen LogP contribution in [0.5, 0.6) is 0 Å². The highest BCUT2D eigenvalue weighted by Gasteiger charge is 2.06. The molecular weight excluding hydrogens is 267 g/mol. The number of benzene rings is 2. The first-order valence-corrected chi connectivity index (χ1v) is 5.93. The Morgan fingerprint density at radius 2 is 1.90 bits per heavy atom. The molecule has 20 heavy (non-hydrogen) atoms. The molecule has 5 heteroatoms. The Bertz CT molecular complexity index is 599. The van der Waals surface area contributed by atoms with Crippen LogP contribution in [0.4, 0.5) is 13.2 Å². The van der Waals surface area contributed by atoms with Crippen molar-refractivity contribution in [2.75, 3.05) is 0 Å². The summed E-state index contributed by atoms with van der Waals surface area (Å²) in [6.07, 6.45) is -1.15. The van der Waals surface area contributed by atoms with Crippen molar-refractivity contribution in [2.45, 2.75) is 13.0 Å². The molecule has 0 radical (unpaired) electrons. The van der Waals surface area contributed by atoms with Gasteiger partial charge in [-0.25, -0.2) is 13.2 Å². The smallest absolute Gasteiger partial charge is 0.263 e. The average Bonchev–Trinajstić information content (AvgIpc) is 2.44. The summed E-state index contributed by atoms with van der Waals surface area (Å²) in [5, 5.41) is 3.67. The van der Waals surface area contributed by atoms with E-state index in [4.69, 9.17) is 4.84 Å². The lowest BCUT2D eigenvalue weighted by atomic mass is 10.1. The Morgan fingerprint density at radius 3 is 2.65 bits per heavy atom. The average molecular weight is 279 g/mol. The molecule has 0 aromatic heterocycles. The van der Waals surface area contributed by atoms with Crippen molar-refractivity contribution in [2.24, 2.45) is 5.16 Å². The number of hydrogen-bond donors (Lipinski definition) is 0. The van der Waals surface area contributed by atoms with Crippen LogP contribution in [0, 0.1) is 5.82 Å². The first-order chi connectivity index (χ1) is 9.65. The van der Waals surface area contributed by atoms with Crippen molar-refractivity contribution < 1.29 is 18.0 Å². The van der Waals surface area contributed by atoms with Gasteiger partial charge >= 0.3 is 0 Å². The molecule has 0 N–H and O–H groups in total. The van der Waals surface area contributed by atoms with Crippen molar-refractivity contribution in [3.63, 3.8) is 0 Å². The third-order valence-corrected chi connectivity index (χ3v) is 2.56. The maximum absolute atomic E-state index is 12.9. The van der Waals surface area contributed by atoms with E-state index in [-0.39, 0.29) is 18.0 Å².